The van der Waals surface area contributed by atoms with E-state index in [0.29, 0.717) is 35.2 Å². The van der Waals surface area contributed by atoms with Crippen LogP contribution in [0.25, 0.3) is 5.82 Å². The third-order valence-corrected chi connectivity index (χ3v) is 4.39. The summed E-state index contributed by atoms with van der Waals surface area (Å²) >= 11 is 0. The van der Waals surface area contributed by atoms with Crippen molar-refractivity contribution in [1.29, 1.82) is 0 Å². The van der Waals surface area contributed by atoms with E-state index in [0.717, 1.165) is 18.5 Å². The highest BCUT2D eigenvalue weighted by Crippen LogP contribution is 2.33. The molecule has 1 fully saturated rings. The van der Waals surface area contributed by atoms with Crippen molar-refractivity contribution in [2.24, 2.45) is 5.92 Å². The number of carboxylic acid groups (broad SMARTS) is 1. The summed E-state index contributed by atoms with van der Waals surface area (Å²) in [6, 6.07) is 2.68. The first-order valence-corrected chi connectivity index (χ1v) is 8.03. The maximum absolute atomic E-state index is 12.6. The summed E-state index contributed by atoms with van der Waals surface area (Å²) in [6.45, 7) is 5.48. The van der Waals surface area contributed by atoms with Gasteiger partial charge in [-0.15, -0.1) is 0 Å². The molecular weight excluding hydrogens is 310 g/mol. The number of aliphatic carboxylic acids is 1. The average Bonchev–Trinajstić information content (AvgIpc) is 3.15. The fourth-order valence-corrected chi connectivity index (χ4v) is 2.95. The SMILES string of the molecule is Cc1cc(-n2c(C)cc(C(=O)NC(CC3CC3)C(=O)O)c2C)no1. The molecule has 24 heavy (non-hydrogen) atoms. The van der Waals surface area contributed by atoms with E-state index >= 15 is 0 Å². The molecule has 0 bridgehead atoms. The van der Waals surface area contributed by atoms with Crippen LogP contribution in [0.2, 0.25) is 0 Å². The van der Waals surface area contributed by atoms with Crippen molar-refractivity contribution in [3.05, 3.63) is 34.8 Å². The molecule has 0 radical (unpaired) electrons. The highest BCUT2D eigenvalue weighted by molar-refractivity contribution is 5.98. The minimum Gasteiger partial charge on any atom is -0.480 e. The molecule has 7 heteroatoms. The highest BCUT2D eigenvalue weighted by Gasteiger charge is 2.31. The smallest absolute Gasteiger partial charge is 0.326 e. The Labute approximate surface area is 139 Å². The van der Waals surface area contributed by atoms with Gasteiger partial charge in [0.2, 0.25) is 0 Å². The fourth-order valence-electron chi connectivity index (χ4n) is 2.95. The molecule has 2 N–H and O–H groups in total. The van der Waals surface area contributed by atoms with Crippen molar-refractivity contribution in [3.63, 3.8) is 0 Å². The number of nitrogens with one attached hydrogen (secondary N) is 1. The molecule has 0 aromatic carbocycles. The molecule has 1 atom stereocenters. The van der Waals surface area contributed by atoms with Gasteiger partial charge in [0.05, 0.1) is 5.56 Å². The van der Waals surface area contributed by atoms with E-state index in [-0.39, 0.29) is 5.91 Å². The number of hydrogen-bond donors (Lipinski definition) is 2. The van der Waals surface area contributed by atoms with Gasteiger partial charge < -0.3 is 14.9 Å². The van der Waals surface area contributed by atoms with Crippen molar-refractivity contribution in [3.8, 4) is 5.82 Å². The predicted molar refractivity (Wildman–Crippen MR) is 86.3 cm³/mol. The summed E-state index contributed by atoms with van der Waals surface area (Å²) in [5.74, 6) is 0.337. The lowest BCUT2D eigenvalue weighted by Crippen LogP contribution is -2.41. The number of aromatic nitrogens is 2. The first kappa shape index (κ1) is 16.3. The van der Waals surface area contributed by atoms with Crippen molar-refractivity contribution in [2.45, 2.75) is 46.1 Å². The number of carbonyl (C=O) groups is 2. The van der Waals surface area contributed by atoms with Crippen LogP contribution in [-0.2, 0) is 4.79 Å². The summed E-state index contributed by atoms with van der Waals surface area (Å²) in [6.07, 6.45) is 2.57. The Bertz CT molecular complexity index is 786. The van der Waals surface area contributed by atoms with Gasteiger partial charge in [0, 0.05) is 17.5 Å². The van der Waals surface area contributed by atoms with Gasteiger partial charge in [0.1, 0.15) is 11.8 Å². The molecule has 1 saturated carbocycles. The lowest BCUT2D eigenvalue weighted by molar-refractivity contribution is -0.139. The van der Waals surface area contributed by atoms with E-state index in [9.17, 15) is 14.7 Å². The van der Waals surface area contributed by atoms with E-state index in [1.165, 1.54) is 0 Å². The van der Waals surface area contributed by atoms with E-state index in [2.05, 4.69) is 10.5 Å². The van der Waals surface area contributed by atoms with E-state index < -0.39 is 12.0 Å². The molecule has 1 aliphatic rings. The first-order valence-electron chi connectivity index (χ1n) is 8.03. The quantitative estimate of drug-likeness (QED) is 0.847. The largest absolute Gasteiger partial charge is 0.480 e. The zero-order valence-electron chi connectivity index (χ0n) is 14.0. The normalized spacial score (nSPS) is 15.3. The van der Waals surface area contributed by atoms with Crippen LogP contribution in [0.4, 0.5) is 0 Å². The number of hydrogen-bond acceptors (Lipinski definition) is 4. The lowest BCUT2D eigenvalue weighted by atomic mass is 10.1. The molecule has 128 valence electrons. The first-order chi connectivity index (χ1) is 11.4. The minimum atomic E-state index is -0.990. The molecule has 7 nitrogen and oxygen atoms in total. The Morgan fingerprint density at radius 2 is 2.08 bits per heavy atom. The Morgan fingerprint density at radius 1 is 1.38 bits per heavy atom. The van der Waals surface area contributed by atoms with Gasteiger partial charge in [0.25, 0.3) is 5.91 Å². The van der Waals surface area contributed by atoms with Gasteiger partial charge in [0.15, 0.2) is 5.82 Å². The van der Waals surface area contributed by atoms with E-state index in [4.69, 9.17) is 4.52 Å². The molecule has 1 aliphatic carbocycles. The Balaban J connectivity index is 1.83. The topological polar surface area (TPSA) is 97.4 Å². The molecule has 0 saturated heterocycles. The maximum Gasteiger partial charge on any atom is 0.326 e. The number of amides is 1. The number of aryl methyl sites for hydroxylation is 2. The molecule has 1 amide bonds. The monoisotopic (exact) mass is 331 g/mol. The van der Waals surface area contributed by atoms with Crippen LogP contribution < -0.4 is 5.32 Å². The molecular formula is C17H21N3O4. The van der Waals surface area contributed by atoms with Crippen LogP contribution in [0, 0.1) is 26.7 Å². The zero-order chi connectivity index (χ0) is 17.4. The van der Waals surface area contributed by atoms with Crippen LogP contribution in [0.15, 0.2) is 16.7 Å². The molecule has 2 aromatic heterocycles. The van der Waals surface area contributed by atoms with E-state index in [1.807, 2.05) is 18.4 Å². The number of carbonyl (C=O) groups excluding carboxylic acids is 1. The second kappa shape index (κ2) is 6.14. The van der Waals surface area contributed by atoms with Gasteiger partial charge in [-0.05, 0) is 39.2 Å². The maximum atomic E-state index is 12.6. The number of carboxylic acids is 1. The van der Waals surface area contributed by atoms with Gasteiger partial charge in [-0.3, -0.25) is 9.36 Å². The highest BCUT2D eigenvalue weighted by atomic mass is 16.5. The third-order valence-electron chi connectivity index (χ3n) is 4.39. The summed E-state index contributed by atoms with van der Waals surface area (Å²) in [4.78, 5) is 23.9. The Kier molecular flexibility index (Phi) is 4.17. The number of nitrogens with zero attached hydrogens (tertiary/aromatic N) is 2. The van der Waals surface area contributed by atoms with Gasteiger partial charge in [-0.2, -0.15) is 0 Å². The lowest BCUT2D eigenvalue weighted by Gasteiger charge is -2.14. The zero-order valence-corrected chi connectivity index (χ0v) is 14.0. The van der Waals surface area contributed by atoms with Crippen LogP contribution in [0.1, 0.15) is 46.8 Å². The molecule has 1 unspecified atom stereocenters. The summed E-state index contributed by atoms with van der Waals surface area (Å²) < 4.78 is 6.92. The third kappa shape index (κ3) is 3.20. The van der Waals surface area contributed by atoms with Gasteiger partial charge >= 0.3 is 5.97 Å². The van der Waals surface area contributed by atoms with Crippen molar-refractivity contribution in [1.82, 2.24) is 15.0 Å². The standard InChI is InChI=1S/C17H21N3O4/c1-9-6-13(11(3)20(9)15-7-10(2)24-19-15)16(21)18-14(17(22)23)8-12-4-5-12/h6-7,12,14H,4-5,8H2,1-3H3,(H,18,21)(H,22,23). The molecule has 2 aromatic rings. The van der Waals surface area contributed by atoms with Crippen LogP contribution >= 0.6 is 0 Å². The van der Waals surface area contributed by atoms with Crippen molar-refractivity contribution < 1.29 is 19.2 Å². The average molecular weight is 331 g/mol. The van der Waals surface area contributed by atoms with Crippen LogP contribution in [-0.4, -0.2) is 32.7 Å². The Hall–Kier alpha value is -2.57. The molecule has 0 spiro atoms. The molecule has 2 heterocycles. The Morgan fingerprint density at radius 3 is 2.62 bits per heavy atom. The minimum absolute atomic E-state index is 0.373. The second-order valence-corrected chi connectivity index (χ2v) is 6.46. The van der Waals surface area contributed by atoms with Crippen molar-refractivity contribution >= 4 is 11.9 Å². The van der Waals surface area contributed by atoms with Crippen LogP contribution in [0.5, 0.6) is 0 Å². The summed E-state index contributed by atoms with van der Waals surface area (Å²) in [5, 5.41) is 15.9. The molecule has 3 rings (SSSR count). The summed E-state index contributed by atoms with van der Waals surface area (Å²) in [5.41, 5.74) is 1.99. The fraction of sp³-hybridized carbons (Fsp3) is 0.471. The number of rotatable bonds is 6. The van der Waals surface area contributed by atoms with Crippen molar-refractivity contribution in [2.75, 3.05) is 0 Å². The molecule has 0 aliphatic heterocycles. The predicted octanol–water partition coefficient (Wildman–Crippen LogP) is 2.37. The van der Waals surface area contributed by atoms with Crippen LogP contribution in [0.3, 0.4) is 0 Å². The second-order valence-electron chi connectivity index (χ2n) is 6.46. The summed E-state index contributed by atoms with van der Waals surface area (Å²) in [7, 11) is 0. The van der Waals surface area contributed by atoms with Gasteiger partial charge in [-0.25, -0.2) is 4.79 Å². The van der Waals surface area contributed by atoms with Gasteiger partial charge in [-0.1, -0.05) is 18.0 Å². The van der Waals surface area contributed by atoms with E-state index in [1.54, 1.807) is 19.1 Å².